The zero-order valence-electron chi connectivity index (χ0n) is 25.1. The molecule has 0 aromatic heterocycles. The highest BCUT2D eigenvalue weighted by Crippen LogP contribution is 2.44. The lowest BCUT2D eigenvalue weighted by molar-refractivity contribution is 1.53. The van der Waals surface area contributed by atoms with Crippen LogP contribution < -0.4 is 5.32 Å². The van der Waals surface area contributed by atoms with E-state index in [1.165, 1.54) is 66.1 Å². The summed E-state index contributed by atoms with van der Waals surface area (Å²) < 4.78 is 1.07. The first-order chi connectivity index (χ1) is 22.7. The molecule has 0 radical (unpaired) electrons. The van der Waals surface area contributed by atoms with Crippen molar-refractivity contribution in [2.24, 2.45) is 0 Å². The topological polar surface area (TPSA) is 12.0 Å². The third-order valence-electron chi connectivity index (χ3n) is 8.72. The molecule has 0 heterocycles. The van der Waals surface area contributed by atoms with Crippen molar-refractivity contribution in [3.05, 3.63) is 180 Å². The van der Waals surface area contributed by atoms with Crippen LogP contribution in [0.2, 0.25) is 0 Å². The Labute approximate surface area is 277 Å². The molecule has 0 aliphatic rings. The maximum atomic E-state index is 3.50. The normalized spacial score (nSPS) is 11.2. The summed E-state index contributed by atoms with van der Waals surface area (Å²) in [5.74, 6) is 0. The third kappa shape index (κ3) is 5.38. The minimum Gasteiger partial charge on any atom is -0.356 e. The first-order valence-electron chi connectivity index (χ1n) is 15.5. The Morgan fingerprint density at radius 2 is 0.696 bits per heavy atom. The predicted molar refractivity (Wildman–Crippen MR) is 201 cm³/mol. The second kappa shape index (κ2) is 12.2. The van der Waals surface area contributed by atoms with E-state index in [0.717, 1.165) is 15.8 Å². The van der Waals surface area contributed by atoms with Gasteiger partial charge in [-0.05, 0) is 109 Å². The van der Waals surface area contributed by atoms with Crippen LogP contribution in [0.5, 0.6) is 0 Å². The van der Waals surface area contributed by atoms with Crippen LogP contribution in [-0.4, -0.2) is 0 Å². The Bertz CT molecular complexity index is 2290. The van der Waals surface area contributed by atoms with E-state index in [9.17, 15) is 0 Å². The molecule has 1 N–H and O–H groups in total. The van der Waals surface area contributed by atoms with Gasteiger partial charge in [0, 0.05) is 15.8 Å². The Kier molecular flexibility index (Phi) is 7.42. The molecule has 0 amide bonds. The van der Waals surface area contributed by atoms with Crippen molar-refractivity contribution in [1.82, 2.24) is 0 Å². The van der Waals surface area contributed by atoms with Gasteiger partial charge in [0.1, 0.15) is 0 Å². The summed E-state index contributed by atoms with van der Waals surface area (Å²) in [6.07, 6.45) is 0. The van der Waals surface area contributed by atoms with Crippen LogP contribution in [0, 0.1) is 0 Å². The summed E-state index contributed by atoms with van der Waals surface area (Å²) in [5, 5.41) is 8.55. The van der Waals surface area contributed by atoms with Crippen LogP contribution in [0.15, 0.2) is 180 Å². The molecule has 0 saturated heterocycles. The van der Waals surface area contributed by atoms with Crippen molar-refractivity contribution in [1.29, 1.82) is 0 Å². The monoisotopic (exact) mass is 651 g/mol. The molecule has 0 aliphatic heterocycles. The number of hydrogen-bond acceptors (Lipinski definition) is 1. The van der Waals surface area contributed by atoms with Gasteiger partial charge >= 0.3 is 0 Å². The van der Waals surface area contributed by atoms with E-state index in [2.05, 4.69) is 185 Å². The fourth-order valence-electron chi connectivity index (χ4n) is 6.49. The van der Waals surface area contributed by atoms with Crippen LogP contribution in [0.1, 0.15) is 0 Å². The first kappa shape index (κ1) is 28.1. The molecule has 0 saturated carbocycles. The standard InChI is InChI=1S/C44H30BrN/c45-36-22-26-38(27-23-36)46-37-24-19-31(20-25-37)30-15-17-32(18-16-30)35-21-28-41-42(29-35)44(34-11-5-2-6-12-34)40-14-8-7-13-39(40)43(41)33-9-3-1-4-10-33/h1-29,46H. The highest BCUT2D eigenvalue weighted by molar-refractivity contribution is 9.10. The minimum absolute atomic E-state index is 1.06. The van der Waals surface area contributed by atoms with Gasteiger partial charge in [-0.2, -0.15) is 0 Å². The molecule has 0 fully saturated rings. The number of rotatable bonds is 6. The van der Waals surface area contributed by atoms with E-state index in [0.29, 0.717) is 0 Å². The van der Waals surface area contributed by atoms with E-state index in [1.54, 1.807) is 0 Å². The van der Waals surface area contributed by atoms with Gasteiger partial charge in [-0.25, -0.2) is 0 Å². The lowest BCUT2D eigenvalue weighted by Gasteiger charge is -2.18. The van der Waals surface area contributed by atoms with Gasteiger partial charge < -0.3 is 5.32 Å². The molecule has 2 heteroatoms. The quantitative estimate of drug-likeness (QED) is 0.176. The van der Waals surface area contributed by atoms with Crippen molar-refractivity contribution in [3.8, 4) is 44.5 Å². The van der Waals surface area contributed by atoms with Crippen LogP contribution in [0.25, 0.3) is 66.1 Å². The summed E-state index contributed by atoms with van der Waals surface area (Å²) in [6, 6.07) is 63.2. The smallest absolute Gasteiger partial charge is 0.0384 e. The molecular formula is C44H30BrN. The number of benzene rings is 8. The van der Waals surface area contributed by atoms with Gasteiger partial charge in [0.15, 0.2) is 0 Å². The maximum Gasteiger partial charge on any atom is 0.0384 e. The molecule has 0 spiro atoms. The number of fused-ring (bicyclic) bond motifs is 2. The molecule has 1 nitrogen and oxygen atoms in total. The Hall–Kier alpha value is -5.44. The number of anilines is 2. The lowest BCUT2D eigenvalue weighted by Crippen LogP contribution is -1.91. The highest BCUT2D eigenvalue weighted by Gasteiger charge is 2.17. The number of halogens is 1. The fourth-order valence-corrected chi connectivity index (χ4v) is 6.75. The van der Waals surface area contributed by atoms with Gasteiger partial charge in [0.25, 0.3) is 0 Å². The summed E-state index contributed by atoms with van der Waals surface area (Å²) in [4.78, 5) is 0. The highest BCUT2D eigenvalue weighted by atomic mass is 79.9. The summed E-state index contributed by atoms with van der Waals surface area (Å²) in [7, 11) is 0. The molecule has 0 aliphatic carbocycles. The Morgan fingerprint density at radius 3 is 1.24 bits per heavy atom. The van der Waals surface area contributed by atoms with Gasteiger partial charge in [-0.15, -0.1) is 0 Å². The first-order valence-corrected chi connectivity index (χ1v) is 16.3. The average molecular weight is 653 g/mol. The minimum atomic E-state index is 1.06. The van der Waals surface area contributed by atoms with Gasteiger partial charge in [-0.3, -0.25) is 0 Å². The molecule has 8 rings (SSSR count). The zero-order valence-corrected chi connectivity index (χ0v) is 26.7. The van der Waals surface area contributed by atoms with E-state index in [4.69, 9.17) is 0 Å². The van der Waals surface area contributed by atoms with Crippen LogP contribution in [0.3, 0.4) is 0 Å². The molecule has 8 aromatic carbocycles. The predicted octanol–water partition coefficient (Wildman–Crippen LogP) is 13.2. The Balaban J connectivity index is 1.20. The van der Waals surface area contributed by atoms with Crippen molar-refractivity contribution >= 4 is 48.8 Å². The molecule has 0 bridgehead atoms. The largest absolute Gasteiger partial charge is 0.356 e. The Morgan fingerprint density at radius 1 is 0.304 bits per heavy atom. The maximum absolute atomic E-state index is 3.50. The summed E-state index contributed by atoms with van der Waals surface area (Å²) in [5.41, 5.74) is 12.0. The second-order valence-electron chi connectivity index (χ2n) is 11.6. The SMILES string of the molecule is Brc1ccc(Nc2ccc(-c3ccc(-c4ccc5c(-c6ccccc6)c6ccccc6c(-c6ccccc6)c5c4)cc3)cc2)cc1. The van der Waals surface area contributed by atoms with Gasteiger partial charge in [0.05, 0.1) is 0 Å². The van der Waals surface area contributed by atoms with Gasteiger partial charge in [-0.1, -0.05) is 149 Å². The molecular weight excluding hydrogens is 622 g/mol. The van der Waals surface area contributed by atoms with Crippen LogP contribution >= 0.6 is 15.9 Å². The van der Waals surface area contributed by atoms with Crippen LogP contribution in [-0.2, 0) is 0 Å². The van der Waals surface area contributed by atoms with Crippen molar-refractivity contribution in [3.63, 3.8) is 0 Å². The van der Waals surface area contributed by atoms with Crippen molar-refractivity contribution < 1.29 is 0 Å². The zero-order chi connectivity index (χ0) is 30.9. The van der Waals surface area contributed by atoms with Crippen LogP contribution in [0.4, 0.5) is 11.4 Å². The third-order valence-corrected chi connectivity index (χ3v) is 9.25. The summed E-state index contributed by atoms with van der Waals surface area (Å²) >= 11 is 3.50. The average Bonchev–Trinajstić information content (AvgIpc) is 3.12. The molecule has 8 aromatic rings. The molecule has 0 unspecified atom stereocenters. The van der Waals surface area contributed by atoms with E-state index in [-0.39, 0.29) is 0 Å². The van der Waals surface area contributed by atoms with Gasteiger partial charge in [0.2, 0.25) is 0 Å². The van der Waals surface area contributed by atoms with Crippen molar-refractivity contribution in [2.75, 3.05) is 5.32 Å². The number of hydrogen-bond donors (Lipinski definition) is 1. The fraction of sp³-hybridized carbons (Fsp3) is 0. The van der Waals surface area contributed by atoms with E-state index < -0.39 is 0 Å². The number of nitrogens with one attached hydrogen (secondary N) is 1. The lowest BCUT2D eigenvalue weighted by atomic mass is 9.85. The van der Waals surface area contributed by atoms with E-state index in [1.807, 2.05) is 12.1 Å². The second-order valence-corrected chi connectivity index (χ2v) is 12.5. The summed E-state index contributed by atoms with van der Waals surface area (Å²) in [6.45, 7) is 0. The molecule has 0 atom stereocenters. The molecule has 46 heavy (non-hydrogen) atoms. The van der Waals surface area contributed by atoms with Crippen molar-refractivity contribution in [2.45, 2.75) is 0 Å². The molecule has 218 valence electrons. The van der Waals surface area contributed by atoms with E-state index >= 15 is 0 Å².